The lowest BCUT2D eigenvalue weighted by Gasteiger charge is -2.13. The lowest BCUT2D eigenvalue weighted by molar-refractivity contribution is 0.395. The van der Waals surface area contributed by atoms with Crippen molar-refractivity contribution >= 4 is 0 Å². The van der Waals surface area contributed by atoms with Crippen molar-refractivity contribution < 1.29 is 0 Å². The highest BCUT2D eigenvalue weighted by atomic mass is 14.1. The maximum absolute atomic E-state index is 3.87. The van der Waals surface area contributed by atoms with Crippen molar-refractivity contribution in [1.82, 2.24) is 0 Å². The third-order valence-electron chi connectivity index (χ3n) is 16.7. The first-order valence-corrected chi connectivity index (χ1v) is 45.6. The first kappa shape index (κ1) is 131. The highest BCUT2D eigenvalue weighted by molar-refractivity contribution is 4.99. The van der Waals surface area contributed by atoms with Crippen LogP contribution in [-0.4, -0.2) is 0 Å². The van der Waals surface area contributed by atoms with Gasteiger partial charge in [-0.2, -0.15) is 0 Å². The van der Waals surface area contributed by atoms with Crippen molar-refractivity contribution in [2.75, 3.05) is 0 Å². The van der Waals surface area contributed by atoms with Crippen LogP contribution in [0.1, 0.15) is 477 Å². The van der Waals surface area contributed by atoms with Gasteiger partial charge >= 0.3 is 0 Å². The normalized spacial score (nSPS) is 11.4. The van der Waals surface area contributed by atoms with Crippen LogP contribution >= 0.6 is 0 Å². The van der Waals surface area contributed by atoms with Gasteiger partial charge in [-0.25, -0.2) is 0 Å². The Morgan fingerprint density at radius 3 is 0.870 bits per heavy atom. The molecular formula is C108H216. The third-order valence-corrected chi connectivity index (χ3v) is 16.7. The Morgan fingerprint density at radius 1 is 0.250 bits per heavy atom. The Morgan fingerprint density at radius 2 is 0.583 bits per heavy atom. The summed E-state index contributed by atoms with van der Waals surface area (Å²) in [5.74, 6) is 10.9. The standard InChI is InChI=1S/C12H24.C11H22.2C10H20.3C9H18.3C8H16.2C7H14/c1-5-8-12(4)10-7-6-9-11(2)3;1-9(2)7-6-8-11(5)10(3)4;1-9(2)7-5-6-8-10(3)4;1-5-6-10(4)8-7-9(2)3;1-8(2)6-5-7-9(3)4;1-5-6-9(4)7-8(2)3;1-4-5-6-7-8-9(2)3;2*1-7(2)5-6-8(3)4;1-4-5-6-7-8(2)3;1-6(2)5-7(3)4;1-4-5-6-7(2)3/h8,11H,5-7,9-10H2,1-4H3;7,10-11H,6,8H2,1-5H3;10H,1,5-8H2,2-4H3;6,9H,5,7-8H2,1-4H3;9H,1,5-7H2,2-4H3;6,8H,5,7H2,1-4H3;4-5,9H,6-8H2,1-3H3;5,8H,6H2,1-4H3;8H,1,5-6H2,2-4H3;4-5,8H,6-7H2,1-3H3;7H,1,5H2,2-4H3;4-5,7H,6H2,1-3H3/b12-8+;;;10-6+;;9-6+;5-4+;;;5-4+;;5-4+. The van der Waals surface area contributed by atoms with Gasteiger partial charge in [-0.15, -0.1) is 26.3 Å². The summed E-state index contributed by atoms with van der Waals surface area (Å²) in [6, 6.07) is 0. The molecule has 1 unspecified atom stereocenters. The smallest absolute Gasteiger partial charge is 0.0300 e. The van der Waals surface area contributed by atoms with Crippen molar-refractivity contribution in [1.29, 1.82) is 0 Å². The molecule has 648 valence electrons. The molecular weight excluding hydrogens is 1300 g/mol. The Kier molecular flexibility index (Phi) is 126. The predicted octanol–water partition coefficient (Wildman–Crippen LogP) is 40.5. The summed E-state index contributed by atoms with van der Waals surface area (Å²) < 4.78 is 0. The second-order valence-corrected chi connectivity index (χ2v) is 37.5. The number of hydrogen-bond acceptors (Lipinski definition) is 0. The van der Waals surface area contributed by atoms with Gasteiger partial charge in [0.05, 0.1) is 0 Å². The van der Waals surface area contributed by atoms with Gasteiger partial charge in [-0.1, -0.05) is 349 Å². The Balaban J connectivity index is -0.0000000934. The second-order valence-electron chi connectivity index (χ2n) is 37.5. The van der Waals surface area contributed by atoms with Crippen molar-refractivity contribution in [2.45, 2.75) is 477 Å². The first-order chi connectivity index (χ1) is 50.0. The zero-order valence-electron chi connectivity index (χ0n) is 83.7. The summed E-state index contributed by atoms with van der Waals surface area (Å²) >= 11 is 0. The molecule has 0 rings (SSSR count). The maximum atomic E-state index is 3.87. The fourth-order valence-corrected chi connectivity index (χ4v) is 9.73. The van der Waals surface area contributed by atoms with Crippen molar-refractivity contribution in [3.63, 3.8) is 0 Å². The van der Waals surface area contributed by atoms with E-state index in [0.29, 0.717) is 0 Å². The molecule has 0 radical (unpaired) electrons. The van der Waals surface area contributed by atoms with Gasteiger partial charge in [-0.05, 0) is 322 Å². The minimum atomic E-state index is 0.775. The average molecular weight is 1510 g/mol. The van der Waals surface area contributed by atoms with Gasteiger partial charge < -0.3 is 0 Å². The van der Waals surface area contributed by atoms with E-state index in [2.05, 4.69) is 384 Å². The van der Waals surface area contributed by atoms with Crippen LogP contribution in [0.5, 0.6) is 0 Å². The molecule has 0 fully saturated rings. The zero-order valence-corrected chi connectivity index (χ0v) is 83.7. The Bertz CT molecular complexity index is 2030. The zero-order chi connectivity index (χ0) is 87.0. The van der Waals surface area contributed by atoms with Crippen LogP contribution < -0.4 is 0 Å². The molecule has 0 N–H and O–H groups in total. The molecule has 0 amide bonds. The van der Waals surface area contributed by atoms with Crippen LogP contribution in [0.2, 0.25) is 0 Å². The largest absolute Gasteiger partial charge is 0.100 e. The molecule has 0 aromatic rings. The van der Waals surface area contributed by atoms with E-state index in [1.54, 1.807) is 11.1 Å². The number of hydrogen-bond donors (Lipinski definition) is 0. The summed E-state index contributed by atoms with van der Waals surface area (Å²) in [6.45, 7) is 108. The molecule has 0 heteroatoms. The summed E-state index contributed by atoms with van der Waals surface area (Å²) in [7, 11) is 0. The van der Waals surface area contributed by atoms with Crippen LogP contribution in [0.15, 0.2) is 143 Å². The summed E-state index contributed by atoms with van der Waals surface area (Å²) in [5, 5.41) is 0. The van der Waals surface area contributed by atoms with Crippen LogP contribution in [0.4, 0.5) is 0 Å². The van der Waals surface area contributed by atoms with E-state index in [4.69, 9.17) is 0 Å². The first-order valence-electron chi connectivity index (χ1n) is 45.6. The molecule has 1 atom stereocenters. The molecule has 0 spiro atoms. The van der Waals surface area contributed by atoms with Crippen LogP contribution in [0.3, 0.4) is 0 Å². The van der Waals surface area contributed by atoms with Gasteiger partial charge in [0.25, 0.3) is 0 Å². The fourth-order valence-electron chi connectivity index (χ4n) is 9.73. The molecule has 0 saturated carbocycles. The van der Waals surface area contributed by atoms with Gasteiger partial charge in [0.1, 0.15) is 0 Å². The Hall–Kier alpha value is -3.12. The minimum Gasteiger partial charge on any atom is -0.100 e. The minimum absolute atomic E-state index is 0.775. The lowest BCUT2D eigenvalue weighted by atomic mass is 9.93. The topological polar surface area (TPSA) is 0 Å². The second kappa shape index (κ2) is 104. The summed E-state index contributed by atoms with van der Waals surface area (Å²) in [5.41, 5.74) is 12.8. The average Bonchev–Trinajstić information content (AvgIpc) is 1.06. The van der Waals surface area contributed by atoms with Crippen molar-refractivity contribution in [2.24, 2.45) is 76.9 Å². The maximum Gasteiger partial charge on any atom is -0.0300 e. The lowest BCUT2D eigenvalue weighted by Crippen LogP contribution is -2.02. The molecule has 0 aliphatic carbocycles. The van der Waals surface area contributed by atoms with E-state index in [9.17, 15) is 0 Å². The van der Waals surface area contributed by atoms with E-state index < -0.39 is 0 Å². The van der Waals surface area contributed by atoms with Gasteiger partial charge in [0.15, 0.2) is 0 Å². The molecule has 0 bridgehead atoms. The molecule has 0 heterocycles. The molecule has 0 aromatic heterocycles. The fraction of sp³-hybridized carbons (Fsp3) is 0.778. The van der Waals surface area contributed by atoms with Crippen LogP contribution in [0, 0.1) is 76.9 Å². The van der Waals surface area contributed by atoms with E-state index in [-0.39, 0.29) is 0 Å². The van der Waals surface area contributed by atoms with E-state index in [1.165, 1.54) is 225 Å². The summed E-state index contributed by atoms with van der Waals surface area (Å²) in [4.78, 5) is 0. The van der Waals surface area contributed by atoms with E-state index >= 15 is 0 Å². The SMILES string of the molecule is C/C=C/CC(C)C.C/C=C/CCC(C)C.C/C=C/CCCC(C)C.C=C(C)CC(C)C.C=C(C)CCC(C)C.C=C(C)CCCC(C)C.C=C(C)CCCCC(C)C.CC(C)=CCC(C)C.CC(C)=CCCC(C)C(C)C.CC/C=C(\C)CC(C)C.CC/C=C(\C)CCC(C)C.CC/C=C(\C)CCCCC(C)C. The highest BCUT2D eigenvalue weighted by Crippen LogP contribution is 2.18. The van der Waals surface area contributed by atoms with Crippen molar-refractivity contribution in [3.8, 4) is 0 Å². The Labute approximate surface area is 693 Å². The van der Waals surface area contributed by atoms with Crippen LogP contribution in [0.25, 0.3) is 0 Å². The predicted molar refractivity (Wildman–Crippen MR) is 522 cm³/mol. The van der Waals surface area contributed by atoms with E-state index in [0.717, 1.165) is 76.9 Å². The van der Waals surface area contributed by atoms with Crippen LogP contribution in [-0.2, 0) is 0 Å². The third kappa shape index (κ3) is 196. The number of rotatable bonds is 42. The highest BCUT2D eigenvalue weighted by Gasteiger charge is 2.05. The molecule has 0 nitrogen and oxygen atoms in total. The van der Waals surface area contributed by atoms with Gasteiger partial charge in [0.2, 0.25) is 0 Å². The number of unbranched alkanes of at least 4 members (excludes halogenated alkanes) is 3. The van der Waals surface area contributed by atoms with E-state index in [1.807, 2.05) is 0 Å². The number of allylic oxidation sites excluding steroid dienone is 20. The molecule has 0 aliphatic heterocycles. The van der Waals surface area contributed by atoms with Gasteiger partial charge in [0, 0.05) is 0 Å². The molecule has 0 aliphatic rings. The van der Waals surface area contributed by atoms with Crippen molar-refractivity contribution in [3.05, 3.63) is 143 Å². The molecule has 0 saturated heterocycles. The van der Waals surface area contributed by atoms with Gasteiger partial charge in [-0.3, -0.25) is 0 Å². The monoisotopic (exact) mass is 1510 g/mol. The summed E-state index contributed by atoms with van der Waals surface area (Å²) in [6.07, 6.45) is 61.8. The quantitative estimate of drug-likeness (QED) is 0.0422. The molecule has 108 heavy (non-hydrogen) atoms. The molecule has 0 aromatic carbocycles.